The molecule has 0 spiro atoms. The maximum Gasteiger partial charge on any atom is 0.490 e. The monoisotopic (exact) mass is 1550 g/mol. The summed E-state index contributed by atoms with van der Waals surface area (Å²) < 4.78 is 84.8. The number of hydrogen-bond acceptors (Lipinski definition) is 32. The number of aromatic amines is 2. The van der Waals surface area contributed by atoms with Crippen molar-refractivity contribution >= 4 is 103 Å². The smallest absolute Gasteiger partial charge is 0.394 e. The van der Waals surface area contributed by atoms with Crippen LogP contribution in [0.15, 0.2) is 101 Å². The van der Waals surface area contributed by atoms with E-state index in [4.69, 9.17) is 67.0 Å². The van der Waals surface area contributed by atoms with Crippen LogP contribution in [0.2, 0.25) is 5.15 Å². The number of nitro groups is 3. The van der Waals surface area contributed by atoms with E-state index in [0.29, 0.717) is 33.3 Å². The van der Waals surface area contributed by atoms with Gasteiger partial charge >= 0.3 is 23.5 Å². The Labute approximate surface area is 591 Å². The molecule has 0 aliphatic carbocycles. The Bertz CT molecular complexity index is 4980. The third-order valence-corrected chi connectivity index (χ3v) is 20.2. The zero-order chi connectivity index (χ0) is 76.0. The first-order chi connectivity index (χ1) is 49.7. The van der Waals surface area contributed by atoms with Gasteiger partial charge in [-0.2, -0.15) is 23.6 Å². The van der Waals surface area contributed by atoms with Crippen LogP contribution in [0, 0.1) is 30.3 Å². The first kappa shape index (κ1) is 78.6. The molecule has 11 atom stereocenters. The van der Waals surface area contributed by atoms with Crippen LogP contribution >= 0.6 is 35.1 Å². The summed E-state index contributed by atoms with van der Waals surface area (Å²) in [6.07, 6.45) is -3.22. The molecular weight excluding hydrogens is 1490 g/mol. The Morgan fingerprint density at radius 2 is 0.857 bits per heavy atom. The number of phosphoric ester groups is 1. The Morgan fingerprint density at radius 3 is 1.22 bits per heavy atom. The number of aliphatic hydroxyl groups is 5. The quantitative estimate of drug-likeness (QED) is 0.0152. The lowest BCUT2D eigenvalue weighted by molar-refractivity contribution is -0.386. The molecule has 0 saturated carbocycles. The minimum atomic E-state index is -5.75. The van der Waals surface area contributed by atoms with Gasteiger partial charge < -0.3 is 104 Å². The fourth-order valence-electron chi connectivity index (χ4n) is 11.5. The van der Waals surface area contributed by atoms with E-state index in [1.807, 2.05) is 0 Å². The average molecular weight is 1550 g/mol. The first-order valence-electron chi connectivity index (χ1n) is 30.7. The summed E-state index contributed by atoms with van der Waals surface area (Å²) in [5.41, 5.74) is 19.0. The van der Waals surface area contributed by atoms with E-state index in [9.17, 15) is 88.9 Å². The number of halogens is 1. The van der Waals surface area contributed by atoms with Crippen molar-refractivity contribution < 1.29 is 115 Å². The summed E-state index contributed by atoms with van der Waals surface area (Å²) in [5.74, 6) is -0.366. The number of nitrogens with zero attached hydrogens (tertiary/aromatic N) is 10. The predicted molar refractivity (Wildman–Crippen MR) is 359 cm³/mol. The average Bonchev–Trinajstić information content (AvgIpc) is 1.63. The van der Waals surface area contributed by atoms with Crippen LogP contribution in [0.3, 0.4) is 0 Å². The van der Waals surface area contributed by atoms with Crippen LogP contribution in [0.25, 0.3) is 33.1 Å². The summed E-state index contributed by atoms with van der Waals surface area (Å²) in [7, 11) is -16.8. The second-order valence-corrected chi connectivity index (χ2v) is 28.0. The molecular formula is C57H65ClN15O29P3. The van der Waals surface area contributed by atoms with Crippen LogP contribution in [-0.4, -0.2) is 160 Å². The number of aliphatic hydroxyl groups excluding tert-OH is 5. The molecule has 0 bridgehead atoms. The van der Waals surface area contributed by atoms with E-state index in [1.54, 1.807) is 64.0 Å². The van der Waals surface area contributed by atoms with Crippen LogP contribution in [-0.2, 0) is 94.9 Å². The maximum atomic E-state index is 12.7. The highest BCUT2D eigenvalue weighted by atomic mass is 35.5. The van der Waals surface area contributed by atoms with E-state index in [1.165, 1.54) is 41.1 Å². The van der Waals surface area contributed by atoms with Gasteiger partial charge in [-0.1, -0.05) is 48.0 Å². The molecule has 17 N–H and O–H groups in total. The second-order valence-electron chi connectivity index (χ2n) is 23.2. The summed E-state index contributed by atoms with van der Waals surface area (Å²) in [5, 5.41) is 83.8. The fourth-order valence-corrected chi connectivity index (χ4v) is 14.9. The van der Waals surface area contributed by atoms with Crippen molar-refractivity contribution in [1.29, 1.82) is 0 Å². The second kappa shape index (κ2) is 33.2. The molecule has 3 aromatic carbocycles. The number of hydrogen-bond donors (Lipinski definition) is 14. The maximum absolute atomic E-state index is 12.7. The molecule has 105 heavy (non-hydrogen) atoms. The number of anilines is 3. The van der Waals surface area contributed by atoms with Crippen molar-refractivity contribution in [3.63, 3.8) is 0 Å². The molecule has 3 aliphatic rings. The molecule has 6 aromatic heterocycles. The number of aromatic nitrogens is 9. The Kier molecular flexibility index (Phi) is 24.8. The molecule has 2 unspecified atom stereocenters. The van der Waals surface area contributed by atoms with Gasteiger partial charge in [-0.25, -0.2) is 18.7 Å². The number of nitrogens with one attached hydrogen (secondary N) is 2. The van der Waals surface area contributed by atoms with Gasteiger partial charge in [0.1, 0.15) is 47.8 Å². The van der Waals surface area contributed by atoms with Gasteiger partial charge in [-0.15, -0.1) is 0 Å². The van der Waals surface area contributed by atoms with Crippen LogP contribution < -0.4 is 28.3 Å². The topological polar surface area (TPSA) is 656 Å². The largest absolute Gasteiger partial charge is 0.490 e. The van der Waals surface area contributed by atoms with E-state index in [0.717, 1.165) is 0 Å². The van der Waals surface area contributed by atoms with Crippen molar-refractivity contribution in [1.82, 2.24) is 43.6 Å². The lowest BCUT2D eigenvalue weighted by Crippen LogP contribution is -2.26. The minimum absolute atomic E-state index is 0.0104. The van der Waals surface area contributed by atoms with Gasteiger partial charge in [-0.05, 0) is 18.2 Å². The number of para-hydroxylation sites is 3. The molecule has 3 fully saturated rings. The summed E-state index contributed by atoms with van der Waals surface area (Å²) in [4.78, 5) is 115. The van der Waals surface area contributed by atoms with Crippen molar-refractivity contribution in [3.8, 4) is 0 Å². The number of nitrogens with two attached hydrogens (primary N) is 3. The highest BCUT2D eigenvalue weighted by molar-refractivity contribution is 7.66. The van der Waals surface area contributed by atoms with Crippen LogP contribution in [0.5, 0.6) is 0 Å². The van der Waals surface area contributed by atoms with Crippen molar-refractivity contribution in [2.75, 3.05) is 37.0 Å². The molecule has 12 rings (SSSR count). The van der Waals surface area contributed by atoms with E-state index in [-0.39, 0.29) is 145 Å². The number of phosphoric acid groups is 3. The van der Waals surface area contributed by atoms with Gasteiger partial charge in [0.05, 0.1) is 125 Å². The molecule has 0 amide bonds. The molecule has 3 aliphatic heterocycles. The summed E-state index contributed by atoms with van der Waals surface area (Å²) in [6, 6.07) is 18.5. The molecule has 9 aromatic rings. The molecule has 48 heteroatoms. The Hall–Kier alpha value is -9.02. The minimum Gasteiger partial charge on any atom is -0.394 e. The third kappa shape index (κ3) is 19.0. The lowest BCUT2D eigenvalue weighted by atomic mass is 10.2. The zero-order valence-electron chi connectivity index (χ0n) is 54.0. The zero-order valence-corrected chi connectivity index (χ0v) is 57.4. The van der Waals surface area contributed by atoms with Crippen molar-refractivity contribution in [2.24, 2.45) is 0 Å². The van der Waals surface area contributed by atoms with Gasteiger partial charge in [0.25, 0.3) is 28.2 Å². The van der Waals surface area contributed by atoms with Gasteiger partial charge in [0.2, 0.25) is 17.8 Å². The highest BCUT2D eigenvalue weighted by Gasteiger charge is 2.44. The Balaban J connectivity index is 0.000000172. The molecule has 0 radical (unpaired) electrons. The molecule has 3 saturated heterocycles. The number of nitrogen functional groups attached to an aromatic ring is 3. The number of benzene rings is 3. The standard InChI is InChI=1S/C19H20ClN5O6.C19H24N5O16P3.C19H21N5O7/c20-17-16-11(9-30-8-10-3-1-2-4-12(10)25(28)29)6-24(18(16)23-19(21)22-17)15-5-13(27)14(7-26)31-15;20-19-21-17-16(18(26)22-19)11(8-36-7-10-3-1-2-4-12(10)24(27)28)6-23(17)15-5-13(25)14(38-15)9-37-42(32,33)40-43(34,35)39-41(29,30)31;20-19-21-17-16(18(27)22-19)11(6-23(17)15-5-13(26)14(7-25)31-15)9-30-8-10-3-1-2-4-12(10)24(28)29/h1-4,6,13-15,26-27H,5,7-9H2,(H2,21,22,23);1-4,6,13-15,25H,5,7-9H2,(H,32,33)(H,34,35)(H2,29,30,31)(H3,20,21,22,26);1-4,6,13-15,25-26H,5,7-9H2,(H3,20,21,22,27)/t3*13-,14-,15-/m111/s1. The fraction of sp³-hybridized carbons (Fsp3) is 0.368. The summed E-state index contributed by atoms with van der Waals surface area (Å²) >= 11 is 6.32. The lowest BCUT2D eigenvalue weighted by Gasteiger charge is -2.19. The highest BCUT2D eigenvalue weighted by Crippen LogP contribution is 2.66. The Morgan fingerprint density at radius 1 is 0.514 bits per heavy atom. The first-order valence-corrected chi connectivity index (χ1v) is 35.6. The van der Waals surface area contributed by atoms with Crippen molar-refractivity contribution in [2.45, 2.75) is 114 Å². The van der Waals surface area contributed by atoms with Gasteiger partial charge in [0, 0.05) is 72.7 Å². The predicted octanol–water partition coefficient (Wildman–Crippen LogP) is 3.43. The third-order valence-electron chi connectivity index (χ3n) is 16.1. The number of H-pyrrole nitrogens is 2. The van der Waals surface area contributed by atoms with E-state index < -0.39 is 111 Å². The number of ether oxygens (including phenoxy) is 6. The van der Waals surface area contributed by atoms with Crippen LogP contribution in [0.1, 0.15) is 71.3 Å². The SMILES string of the molecule is Nc1nc(Cl)c2c(COCc3ccccc3[N+](=O)[O-])cn([C@H]3C[C@@H](O)[C@@H](CO)O3)c2n1.Nc1nc2c(c(COCc3ccccc3[N+](=O)[O-])cn2[C@H]2C[C@@H](O)[C@@H](CO)O2)c(=O)[nH]1.Nc1nc2c(c(COCc3ccccc3[N+](=O)[O-])cn2[C@H]2C[C@@H](O)[C@@H](COP(=O)(O)OP(=O)(O)OP(=O)(O)O)O2)c(=O)[nH]1. The van der Waals surface area contributed by atoms with Gasteiger partial charge in [-0.3, -0.25) is 54.4 Å². The molecule has 9 heterocycles. The van der Waals surface area contributed by atoms with E-state index in [2.05, 4.69) is 43.0 Å². The normalized spacial score (nSPS) is 21.4. The number of fused-ring (bicyclic) bond motifs is 3. The van der Waals surface area contributed by atoms with Crippen molar-refractivity contribution in [3.05, 3.63) is 181 Å². The summed E-state index contributed by atoms with van der Waals surface area (Å²) in [6.45, 7) is -1.94. The van der Waals surface area contributed by atoms with Crippen LogP contribution in [0.4, 0.5) is 34.9 Å². The molecule has 564 valence electrons. The number of rotatable bonds is 27. The van der Waals surface area contributed by atoms with E-state index >= 15 is 0 Å². The molecule has 44 nitrogen and oxygen atoms in total. The number of nitro benzene ring substituents is 3. The van der Waals surface area contributed by atoms with Gasteiger partial charge in [0.15, 0.2) is 11.3 Å².